The van der Waals surface area contributed by atoms with Gasteiger partial charge in [0.15, 0.2) is 5.78 Å². The lowest BCUT2D eigenvalue weighted by molar-refractivity contribution is 0.0814. The standard InChI is InChI=1S/C18H12O3/c1-9-8-13-11(6-7-14(13)19)16-15(9)10-4-2-3-5-12(10)17(20)18(16)21/h2-5,8H,6-7H2,1H3. The molecule has 3 nitrogen and oxygen atoms in total. The summed E-state index contributed by atoms with van der Waals surface area (Å²) < 4.78 is 0. The third kappa shape index (κ3) is 1.46. The normalized spacial score (nSPS) is 15.8. The number of aryl methyl sites for hydroxylation is 1. The summed E-state index contributed by atoms with van der Waals surface area (Å²) in [5.74, 6) is -0.876. The first-order valence-electron chi connectivity index (χ1n) is 6.97. The van der Waals surface area contributed by atoms with Gasteiger partial charge in [0, 0.05) is 23.1 Å². The third-order valence-corrected chi connectivity index (χ3v) is 4.41. The molecule has 0 spiro atoms. The molecule has 0 heterocycles. The van der Waals surface area contributed by atoms with E-state index < -0.39 is 11.6 Å². The van der Waals surface area contributed by atoms with Crippen LogP contribution in [0.1, 0.15) is 48.6 Å². The van der Waals surface area contributed by atoms with E-state index in [0.717, 1.165) is 22.3 Å². The number of benzene rings is 2. The fourth-order valence-corrected chi connectivity index (χ4v) is 3.47. The van der Waals surface area contributed by atoms with Gasteiger partial charge >= 0.3 is 0 Å². The number of Topliss-reactive ketones (excluding diaryl/α,β-unsaturated/α-hetero) is 3. The van der Waals surface area contributed by atoms with Crippen LogP contribution in [0.4, 0.5) is 0 Å². The molecule has 2 aromatic carbocycles. The van der Waals surface area contributed by atoms with Crippen LogP contribution in [-0.2, 0) is 6.42 Å². The van der Waals surface area contributed by atoms with Gasteiger partial charge in [0.2, 0.25) is 11.6 Å². The predicted octanol–water partition coefficient (Wildman–Crippen LogP) is 3.17. The Morgan fingerprint density at radius 3 is 2.29 bits per heavy atom. The van der Waals surface area contributed by atoms with Crippen LogP contribution in [0, 0.1) is 6.92 Å². The van der Waals surface area contributed by atoms with Gasteiger partial charge in [-0.2, -0.15) is 0 Å². The van der Waals surface area contributed by atoms with Crippen LogP contribution >= 0.6 is 0 Å². The molecule has 0 aromatic heterocycles. The molecule has 2 aliphatic carbocycles. The lowest BCUT2D eigenvalue weighted by Gasteiger charge is -2.22. The summed E-state index contributed by atoms with van der Waals surface area (Å²) in [6, 6.07) is 9.05. The van der Waals surface area contributed by atoms with E-state index in [2.05, 4.69) is 0 Å². The molecule has 4 rings (SSSR count). The van der Waals surface area contributed by atoms with E-state index in [9.17, 15) is 14.4 Å². The van der Waals surface area contributed by atoms with Crippen molar-refractivity contribution in [1.29, 1.82) is 0 Å². The summed E-state index contributed by atoms with van der Waals surface area (Å²) >= 11 is 0. The first-order chi connectivity index (χ1) is 10.1. The minimum atomic E-state index is -0.474. The second-order valence-electron chi connectivity index (χ2n) is 5.60. The molecule has 102 valence electrons. The van der Waals surface area contributed by atoms with Crippen molar-refractivity contribution in [1.82, 2.24) is 0 Å². The molecule has 0 saturated carbocycles. The van der Waals surface area contributed by atoms with Crippen molar-refractivity contribution in [2.75, 3.05) is 0 Å². The van der Waals surface area contributed by atoms with Crippen molar-refractivity contribution in [3.8, 4) is 11.1 Å². The summed E-state index contributed by atoms with van der Waals surface area (Å²) in [5, 5.41) is 0. The van der Waals surface area contributed by atoms with Crippen LogP contribution < -0.4 is 0 Å². The molecule has 0 unspecified atom stereocenters. The highest BCUT2D eigenvalue weighted by Crippen LogP contribution is 2.41. The second-order valence-corrected chi connectivity index (χ2v) is 5.60. The number of carbonyl (C=O) groups excluding carboxylic acids is 3. The summed E-state index contributed by atoms with van der Waals surface area (Å²) in [4.78, 5) is 36.8. The van der Waals surface area contributed by atoms with E-state index in [0.29, 0.717) is 29.5 Å². The average molecular weight is 276 g/mol. The Morgan fingerprint density at radius 1 is 0.810 bits per heavy atom. The monoisotopic (exact) mass is 276 g/mol. The van der Waals surface area contributed by atoms with Gasteiger partial charge in [0.05, 0.1) is 0 Å². The van der Waals surface area contributed by atoms with Gasteiger partial charge in [-0.3, -0.25) is 14.4 Å². The molecule has 3 heteroatoms. The third-order valence-electron chi connectivity index (χ3n) is 4.41. The molecule has 0 radical (unpaired) electrons. The highest BCUT2D eigenvalue weighted by Gasteiger charge is 2.36. The number of carbonyl (C=O) groups is 3. The topological polar surface area (TPSA) is 51.2 Å². The molecule has 0 fully saturated rings. The average Bonchev–Trinajstić information content (AvgIpc) is 2.85. The number of fused-ring (bicyclic) bond motifs is 5. The predicted molar refractivity (Wildman–Crippen MR) is 77.9 cm³/mol. The van der Waals surface area contributed by atoms with Crippen molar-refractivity contribution in [3.63, 3.8) is 0 Å². The Kier molecular flexibility index (Phi) is 2.31. The molecule has 0 atom stereocenters. The van der Waals surface area contributed by atoms with Crippen LogP contribution in [0.25, 0.3) is 11.1 Å². The molecular formula is C18H12O3. The number of ketones is 3. The van der Waals surface area contributed by atoms with Crippen LogP contribution in [0.15, 0.2) is 30.3 Å². The largest absolute Gasteiger partial charge is 0.294 e. The van der Waals surface area contributed by atoms with Gasteiger partial charge in [-0.05, 0) is 41.7 Å². The lowest BCUT2D eigenvalue weighted by atomic mass is 9.78. The molecule has 0 N–H and O–H groups in total. The Morgan fingerprint density at radius 2 is 1.52 bits per heavy atom. The smallest absolute Gasteiger partial charge is 0.234 e. The Bertz CT molecular complexity index is 859. The van der Waals surface area contributed by atoms with E-state index in [-0.39, 0.29) is 5.78 Å². The van der Waals surface area contributed by atoms with Gasteiger partial charge in [-0.15, -0.1) is 0 Å². The van der Waals surface area contributed by atoms with Gasteiger partial charge in [-0.1, -0.05) is 24.3 Å². The fourth-order valence-electron chi connectivity index (χ4n) is 3.47. The molecule has 2 aromatic rings. The first-order valence-corrected chi connectivity index (χ1v) is 6.97. The molecule has 0 amide bonds. The zero-order valence-electron chi connectivity index (χ0n) is 11.5. The zero-order valence-corrected chi connectivity index (χ0v) is 11.5. The second kappa shape index (κ2) is 3.98. The van der Waals surface area contributed by atoms with Gasteiger partial charge < -0.3 is 0 Å². The highest BCUT2D eigenvalue weighted by atomic mass is 16.2. The van der Waals surface area contributed by atoms with E-state index in [1.807, 2.05) is 25.1 Å². The molecule has 0 bridgehead atoms. The van der Waals surface area contributed by atoms with Crippen molar-refractivity contribution in [2.45, 2.75) is 19.8 Å². The van der Waals surface area contributed by atoms with Crippen LogP contribution in [0.5, 0.6) is 0 Å². The van der Waals surface area contributed by atoms with Crippen molar-refractivity contribution in [3.05, 3.63) is 58.1 Å². The molecule has 0 aliphatic heterocycles. The maximum Gasteiger partial charge on any atom is 0.234 e. The molecule has 2 aliphatic rings. The summed E-state index contributed by atoms with van der Waals surface area (Å²) in [7, 11) is 0. The minimum Gasteiger partial charge on any atom is -0.294 e. The number of hydrogen-bond acceptors (Lipinski definition) is 3. The summed E-state index contributed by atoms with van der Waals surface area (Å²) in [6.07, 6.45) is 0.978. The van der Waals surface area contributed by atoms with E-state index in [1.165, 1.54) is 0 Å². The Balaban J connectivity index is 2.16. The summed E-state index contributed by atoms with van der Waals surface area (Å²) in [5.41, 5.74) is 4.80. The van der Waals surface area contributed by atoms with Gasteiger partial charge in [-0.25, -0.2) is 0 Å². The Hall–Kier alpha value is -2.55. The summed E-state index contributed by atoms with van der Waals surface area (Å²) in [6.45, 7) is 1.89. The maximum absolute atomic E-state index is 12.5. The minimum absolute atomic E-state index is 0.0648. The SMILES string of the molecule is Cc1cc2c(c3c1-c1ccccc1C(=O)C3=O)CCC2=O. The lowest BCUT2D eigenvalue weighted by Crippen LogP contribution is -2.23. The van der Waals surface area contributed by atoms with Crippen molar-refractivity contribution in [2.24, 2.45) is 0 Å². The number of rotatable bonds is 0. The van der Waals surface area contributed by atoms with Gasteiger partial charge in [0.25, 0.3) is 0 Å². The van der Waals surface area contributed by atoms with Crippen LogP contribution in [-0.4, -0.2) is 17.3 Å². The molecular weight excluding hydrogens is 264 g/mol. The van der Waals surface area contributed by atoms with E-state index in [4.69, 9.17) is 0 Å². The highest BCUT2D eigenvalue weighted by molar-refractivity contribution is 6.53. The molecule has 0 saturated heterocycles. The van der Waals surface area contributed by atoms with E-state index in [1.54, 1.807) is 12.1 Å². The fraction of sp³-hybridized carbons (Fsp3) is 0.167. The number of hydrogen-bond donors (Lipinski definition) is 0. The van der Waals surface area contributed by atoms with E-state index >= 15 is 0 Å². The van der Waals surface area contributed by atoms with Crippen LogP contribution in [0.2, 0.25) is 0 Å². The molecule has 21 heavy (non-hydrogen) atoms. The quantitative estimate of drug-likeness (QED) is 0.694. The van der Waals surface area contributed by atoms with Crippen molar-refractivity contribution < 1.29 is 14.4 Å². The van der Waals surface area contributed by atoms with Crippen molar-refractivity contribution >= 4 is 17.3 Å². The zero-order chi connectivity index (χ0) is 14.7. The first kappa shape index (κ1) is 12.2. The van der Waals surface area contributed by atoms with Crippen LogP contribution in [0.3, 0.4) is 0 Å². The maximum atomic E-state index is 12.5. The van der Waals surface area contributed by atoms with Gasteiger partial charge in [0.1, 0.15) is 0 Å². The Labute approximate surface area is 121 Å².